The van der Waals surface area contributed by atoms with Crippen LogP contribution in [0.15, 0.2) is 9.52 Å². The van der Waals surface area contributed by atoms with Crippen LogP contribution in [0.3, 0.4) is 0 Å². The van der Waals surface area contributed by atoms with E-state index in [9.17, 15) is 0 Å². The van der Waals surface area contributed by atoms with Gasteiger partial charge in [0.15, 0.2) is 11.8 Å². The van der Waals surface area contributed by atoms with E-state index >= 15 is 0 Å². The van der Waals surface area contributed by atoms with E-state index in [2.05, 4.69) is 27.3 Å². The van der Waals surface area contributed by atoms with Crippen molar-refractivity contribution in [1.29, 1.82) is 0 Å². The fourth-order valence-electron chi connectivity index (χ4n) is 3.70. The molecule has 8 heteroatoms. The van der Waals surface area contributed by atoms with Gasteiger partial charge in [0.05, 0.1) is 18.8 Å². The molecule has 0 aromatic carbocycles. The molecule has 28 heavy (non-hydrogen) atoms. The fraction of sp³-hybridized carbons (Fsp3) is 0.850. The van der Waals surface area contributed by atoms with E-state index in [-0.39, 0.29) is 0 Å². The van der Waals surface area contributed by atoms with Gasteiger partial charge in [-0.1, -0.05) is 5.16 Å². The monoisotopic (exact) mass is 393 g/mol. The number of hydrogen-bond donors (Lipinski definition) is 1. The standard InChI is InChI=1S/C20H35N5O3/c1-3-21-20(22-11-6-8-19-23-16(2)24-28-19)25-12-9-17(10-13-25)27-15-18-7-4-5-14-26-18/h17-18H,3-15H2,1-2H3,(H,21,22). The summed E-state index contributed by atoms with van der Waals surface area (Å²) in [5.41, 5.74) is 0. The van der Waals surface area contributed by atoms with Gasteiger partial charge < -0.3 is 24.2 Å². The molecule has 1 unspecified atom stereocenters. The second-order valence-electron chi connectivity index (χ2n) is 7.58. The summed E-state index contributed by atoms with van der Waals surface area (Å²) in [4.78, 5) is 11.4. The Morgan fingerprint density at radius 1 is 1.29 bits per heavy atom. The van der Waals surface area contributed by atoms with Crippen molar-refractivity contribution < 1.29 is 14.0 Å². The summed E-state index contributed by atoms with van der Waals surface area (Å²) in [6.07, 6.45) is 7.98. The van der Waals surface area contributed by atoms with E-state index in [1.807, 2.05) is 6.92 Å². The minimum Gasteiger partial charge on any atom is -0.376 e. The van der Waals surface area contributed by atoms with E-state index < -0.39 is 0 Å². The van der Waals surface area contributed by atoms with Gasteiger partial charge in [-0.3, -0.25) is 4.99 Å². The number of aliphatic imine (C=N–C) groups is 1. The van der Waals surface area contributed by atoms with Crippen LogP contribution < -0.4 is 5.32 Å². The SMILES string of the molecule is CCNC(=NCCCc1nc(C)no1)N1CCC(OCC2CCCCO2)CC1. The molecule has 0 amide bonds. The highest BCUT2D eigenvalue weighted by Gasteiger charge is 2.23. The van der Waals surface area contributed by atoms with E-state index in [0.29, 0.717) is 23.9 Å². The number of rotatable bonds is 8. The third kappa shape index (κ3) is 6.74. The number of piperidine rings is 1. The van der Waals surface area contributed by atoms with Crippen LogP contribution in [-0.4, -0.2) is 72.6 Å². The first kappa shape index (κ1) is 21.0. The molecule has 0 saturated carbocycles. The van der Waals surface area contributed by atoms with Gasteiger partial charge in [0.25, 0.3) is 0 Å². The molecule has 1 atom stereocenters. The van der Waals surface area contributed by atoms with E-state index in [0.717, 1.165) is 77.5 Å². The summed E-state index contributed by atoms with van der Waals surface area (Å²) in [5.74, 6) is 2.38. The van der Waals surface area contributed by atoms with Crippen molar-refractivity contribution in [2.75, 3.05) is 39.4 Å². The highest BCUT2D eigenvalue weighted by molar-refractivity contribution is 5.80. The number of likely N-dealkylation sites (tertiary alicyclic amines) is 1. The number of nitrogens with zero attached hydrogens (tertiary/aromatic N) is 4. The van der Waals surface area contributed by atoms with Gasteiger partial charge in [-0.25, -0.2) is 0 Å². The van der Waals surface area contributed by atoms with Gasteiger partial charge in [0, 0.05) is 39.2 Å². The summed E-state index contributed by atoms with van der Waals surface area (Å²) < 4.78 is 17.0. The van der Waals surface area contributed by atoms with Crippen LogP contribution in [-0.2, 0) is 15.9 Å². The van der Waals surface area contributed by atoms with Gasteiger partial charge in [-0.05, 0) is 52.4 Å². The van der Waals surface area contributed by atoms with Crippen molar-refractivity contribution >= 4 is 5.96 Å². The highest BCUT2D eigenvalue weighted by Crippen LogP contribution is 2.18. The van der Waals surface area contributed by atoms with Gasteiger partial charge in [-0.2, -0.15) is 4.98 Å². The first-order valence-corrected chi connectivity index (χ1v) is 10.8. The third-order valence-electron chi connectivity index (χ3n) is 5.25. The molecule has 8 nitrogen and oxygen atoms in total. The summed E-state index contributed by atoms with van der Waals surface area (Å²) in [7, 11) is 0. The molecule has 1 aromatic heterocycles. The van der Waals surface area contributed by atoms with Crippen molar-refractivity contribution in [1.82, 2.24) is 20.4 Å². The van der Waals surface area contributed by atoms with Gasteiger partial charge in [0.2, 0.25) is 5.89 Å². The molecule has 0 radical (unpaired) electrons. The van der Waals surface area contributed by atoms with Gasteiger partial charge in [0.1, 0.15) is 0 Å². The number of aromatic nitrogens is 2. The maximum absolute atomic E-state index is 6.12. The molecule has 3 heterocycles. The van der Waals surface area contributed by atoms with Crippen LogP contribution in [0.2, 0.25) is 0 Å². The number of guanidine groups is 1. The second kappa shape index (κ2) is 11.4. The van der Waals surface area contributed by atoms with E-state index in [4.69, 9.17) is 19.0 Å². The molecule has 1 aromatic rings. The van der Waals surface area contributed by atoms with E-state index in [1.165, 1.54) is 12.8 Å². The van der Waals surface area contributed by atoms with Crippen LogP contribution in [0.4, 0.5) is 0 Å². The van der Waals surface area contributed by atoms with Crippen molar-refractivity contribution in [2.45, 2.75) is 71.0 Å². The zero-order valence-corrected chi connectivity index (χ0v) is 17.4. The largest absolute Gasteiger partial charge is 0.376 e. The molecule has 0 spiro atoms. The van der Waals surface area contributed by atoms with Crippen molar-refractivity contribution in [3.63, 3.8) is 0 Å². The highest BCUT2D eigenvalue weighted by atomic mass is 16.5. The molecular formula is C20H35N5O3. The summed E-state index contributed by atoms with van der Waals surface area (Å²) >= 11 is 0. The average molecular weight is 394 g/mol. The minimum atomic E-state index is 0.299. The lowest BCUT2D eigenvalue weighted by atomic mass is 10.1. The van der Waals surface area contributed by atoms with Crippen LogP contribution in [0.1, 0.15) is 57.2 Å². The quantitative estimate of drug-likeness (QED) is 0.412. The van der Waals surface area contributed by atoms with Crippen LogP contribution in [0.25, 0.3) is 0 Å². The van der Waals surface area contributed by atoms with E-state index in [1.54, 1.807) is 0 Å². The zero-order valence-electron chi connectivity index (χ0n) is 17.4. The average Bonchev–Trinajstić information content (AvgIpc) is 3.15. The second-order valence-corrected chi connectivity index (χ2v) is 7.58. The van der Waals surface area contributed by atoms with Crippen LogP contribution in [0, 0.1) is 6.92 Å². The van der Waals surface area contributed by atoms with Gasteiger partial charge >= 0.3 is 0 Å². The van der Waals surface area contributed by atoms with Crippen LogP contribution in [0.5, 0.6) is 0 Å². The molecule has 2 aliphatic heterocycles. The molecule has 158 valence electrons. The third-order valence-corrected chi connectivity index (χ3v) is 5.25. The Hall–Kier alpha value is -1.67. The molecule has 0 aliphatic carbocycles. The van der Waals surface area contributed by atoms with Gasteiger partial charge in [-0.15, -0.1) is 0 Å². The molecule has 1 N–H and O–H groups in total. The summed E-state index contributed by atoms with van der Waals surface area (Å²) in [6, 6.07) is 0. The fourth-order valence-corrected chi connectivity index (χ4v) is 3.70. The summed E-state index contributed by atoms with van der Waals surface area (Å²) in [6.45, 7) is 9.15. The zero-order chi connectivity index (χ0) is 19.6. The van der Waals surface area contributed by atoms with Crippen molar-refractivity contribution in [2.24, 2.45) is 4.99 Å². The first-order valence-electron chi connectivity index (χ1n) is 10.8. The lowest BCUT2D eigenvalue weighted by Gasteiger charge is -2.35. The lowest BCUT2D eigenvalue weighted by Crippen LogP contribution is -2.47. The lowest BCUT2D eigenvalue weighted by molar-refractivity contribution is -0.0721. The first-order chi connectivity index (χ1) is 13.7. The van der Waals surface area contributed by atoms with Crippen molar-refractivity contribution in [3.05, 3.63) is 11.7 Å². The number of nitrogens with one attached hydrogen (secondary N) is 1. The Morgan fingerprint density at radius 3 is 2.82 bits per heavy atom. The molecule has 2 aliphatic rings. The molecule has 2 fully saturated rings. The normalized spacial score (nSPS) is 21.9. The number of aryl methyl sites for hydroxylation is 2. The molecular weight excluding hydrogens is 358 g/mol. The maximum Gasteiger partial charge on any atom is 0.226 e. The Balaban J connectivity index is 1.37. The van der Waals surface area contributed by atoms with Crippen LogP contribution >= 0.6 is 0 Å². The Morgan fingerprint density at radius 2 is 2.14 bits per heavy atom. The molecule has 0 bridgehead atoms. The Labute approximate surface area is 168 Å². The molecule has 3 rings (SSSR count). The topological polar surface area (TPSA) is 85.0 Å². The predicted molar refractivity (Wildman–Crippen MR) is 107 cm³/mol. The molecule has 2 saturated heterocycles. The minimum absolute atomic E-state index is 0.299. The Kier molecular flexibility index (Phi) is 8.54. The number of ether oxygens (including phenoxy) is 2. The Bertz CT molecular complexity index is 592. The summed E-state index contributed by atoms with van der Waals surface area (Å²) in [5, 5.41) is 7.24. The maximum atomic E-state index is 6.12. The number of hydrogen-bond acceptors (Lipinski definition) is 6. The smallest absolute Gasteiger partial charge is 0.226 e. The predicted octanol–water partition coefficient (Wildman–Crippen LogP) is 2.33. The van der Waals surface area contributed by atoms with Crippen molar-refractivity contribution in [3.8, 4) is 0 Å².